The minimum Gasteiger partial charge on any atom is -0.462 e. The van der Waals surface area contributed by atoms with Gasteiger partial charge in [0.15, 0.2) is 0 Å². The third-order valence-corrected chi connectivity index (χ3v) is 10.9. The SMILES string of the molecule is CC1(C)CC(C(=O)OC2CC(OC(=O)C3CC(C)(C)N(O)C(C)(C)C3)CC(OC(=O)C3CC(C)(C)N(O)C(C)(C)C3)C2)CC(C)(C)N1. The Kier molecular flexibility index (Phi) is 10.4. The zero-order chi connectivity index (χ0) is 35.5. The first kappa shape index (κ1) is 38.0. The molecule has 47 heavy (non-hydrogen) atoms. The fourth-order valence-corrected chi connectivity index (χ4v) is 9.60. The Morgan fingerprint density at radius 1 is 0.489 bits per heavy atom. The van der Waals surface area contributed by atoms with Gasteiger partial charge in [0.1, 0.15) is 18.3 Å². The van der Waals surface area contributed by atoms with Crippen molar-refractivity contribution in [2.45, 2.75) is 192 Å². The summed E-state index contributed by atoms with van der Waals surface area (Å²) in [4.78, 5) is 40.9. The fourth-order valence-electron chi connectivity index (χ4n) is 9.60. The van der Waals surface area contributed by atoms with Gasteiger partial charge >= 0.3 is 17.9 Å². The van der Waals surface area contributed by atoms with Crippen molar-refractivity contribution in [1.82, 2.24) is 15.4 Å². The number of esters is 3. The van der Waals surface area contributed by atoms with Crippen molar-refractivity contribution in [1.29, 1.82) is 0 Å². The number of rotatable bonds is 6. The molecule has 4 fully saturated rings. The molecule has 3 heterocycles. The van der Waals surface area contributed by atoms with E-state index in [1.165, 1.54) is 10.1 Å². The molecule has 3 saturated heterocycles. The smallest absolute Gasteiger partial charge is 0.309 e. The Hall–Kier alpha value is -1.79. The van der Waals surface area contributed by atoms with E-state index in [2.05, 4.69) is 33.0 Å². The number of nitrogens with zero attached hydrogens (tertiary/aromatic N) is 2. The molecule has 0 aromatic heterocycles. The van der Waals surface area contributed by atoms with Crippen LogP contribution in [0.1, 0.15) is 141 Å². The van der Waals surface area contributed by atoms with Gasteiger partial charge in [-0.15, -0.1) is 0 Å². The zero-order valence-corrected chi connectivity index (χ0v) is 31.1. The molecule has 270 valence electrons. The van der Waals surface area contributed by atoms with Gasteiger partial charge in [0.05, 0.1) is 17.8 Å². The second kappa shape index (κ2) is 12.8. The lowest BCUT2D eigenvalue weighted by Crippen LogP contribution is -2.60. The molecule has 1 aliphatic carbocycles. The predicted molar refractivity (Wildman–Crippen MR) is 177 cm³/mol. The van der Waals surface area contributed by atoms with Gasteiger partial charge in [0, 0.05) is 52.5 Å². The Balaban J connectivity index is 1.50. The number of ether oxygens (including phenoxy) is 3. The number of nitrogens with one attached hydrogen (secondary N) is 1. The topological polar surface area (TPSA) is 138 Å². The van der Waals surface area contributed by atoms with Gasteiger partial charge in [-0.2, -0.15) is 10.1 Å². The molecule has 2 atom stereocenters. The van der Waals surface area contributed by atoms with E-state index in [0.29, 0.717) is 57.8 Å². The van der Waals surface area contributed by atoms with Crippen LogP contribution >= 0.6 is 0 Å². The van der Waals surface area contributed by atoms with Crippen LogP contribution in [0.25, 0.3) is 0 Å². The molecule has 0 aromatic carbocycles. The van der Waals surface area contributed by atoms with Crippen LogP contribution in [-0.2, 0) is 28.6 Å². The van der Waals surface area contributed by atoms with E-state index >= 15 is 0 Å². The van der Waals surface area contributed by atoms with Crippen LogP contribution in [0.2, 0.25) is 0 Å². The Labute approximate surface area is 282 Å². The minimum absolute atomic E-state index is 0.231. The average molecular weight is 666 g/mol. The number of piperidine rings is 3. The number of hydrogen-bond acceptors (Lipinski definition) is 11. The van der Waals surface area contributed by atoms with Crippen molar-refractivity contribution in [3.63, 3.8) is 0 Å². The third kappa shape index (κ3) is 8.87. The van der Waals surface area contributed by atoms with E-state index in [4.69, 9.17) is 14.2 Å². The molecule has 3 N–H and O–H groups in total. The molecule has 0 spiro atoms. The van der Waals surface area contributed by atoms with E-state index in [0.717, 1.165) is 0 Å². The molecule has 0 bridgehead atoms. The predicted octanol–water partition coefficient (Wildman–Crippen LogP) is 5.78. The number of hydroxylamine groups is 4. The van der Waals surface area contributed by atoms with Crippen molar-refractivity contribution < 1.29 is 39.0 Å². The van der Waals surface area contributed by atoms with E-state index in [9.17, 15) is 24.8 Å². The highest BCUT2D eigenvalue weighted by Crippen LogP contribution is 2.43. The maximum Gasteiger partial charge on any atom is 0.309 e. The summed E-state index contributed by atoms with van der Waals surface area (Å²) in [6.07, 6.45) is 2.23. The van der Waals surface area contributed by atoms with Crippen LogP contribution < -0.4 is 5.32 Å². The molecule has 3 aliphatic heterocycles. The van der Waals surface area contributed by atoms with Crippen LogP contribution in [0.5, 0.6) is 0 Å². The van der Waals surface area contributed by atoms with Gasteiger partial charge in [0.25, 0.3) is 0 Å². The Morgan fingerprint density at radius 3 is 0.979 bits per heavy atom. The number of carbonyl (C=O) groups is 3. The van der Waals surface area contributed by atoms with Crippen molar-refractivity contribution in [3.05, 3.63) is 0 Å². The Morgan fingerprint density at radius 2 is 0.723 bits per heavy atom. The first-order chi connectivity index (χ1) is 21.2. The summed E-state index contributed by atoms with van der Waals surface area (Å²) in [6, 6.07) is 0. The van der Waals surface area contributed by atoms with E-state index in [1.807, 2.05) is 55.4 Å². The zero-order valence-electron chi connectivity index (χ0n) is 31.1. The van der Waals surface area contributed by atoms with Gasteiger partial charge in [-0.3, -0.25) is 14.4 Å². The molecule has 0 amide bonds. The average Bonchev–Trinajstić information content (AvgIpc) is 2.87. The number of hydrogen-bond donors (Lipinski definition) is 3. The van der Waals surface area contributed by atoms with E-state index in [1.54, 1.807) is 0 Å². The first-order valence-corrected chi connectivity index (χ1v) is 17.6. The fraction of sp³-hybridized carbons (Fsp3) is 0.917. The summed E-state index contributed by atoms with van der Waals surface area (Å²) in [7, 11) is 0. The molecule has 11 nitrogen and oxygen atoms in total. The summed E-state index contributed by atoms with van der Waals surface area (Å²) in [6.45, 7) is 23.6. The second-order valence-corrected chi connectivity index (χ2v) is 19.0. The second-order valence-electron chi connectivity index (χ2n) is 19.0. The summed E-state index contributed by atoms with van der Waals surface area (Å²) in [5.74, 6) is -2.08. The van der Waals surface area contributed by atoms with Gasteiger partial charge in [0.2, 0.25) is 0 Å². The van der Waals surface area contributed by atoms with Crippen molar-refractivity contribution in [3.8, 4) is 0 Å². The van der Waals surface area contributed by atoms with Crippen molar-refractivity contribution in [2.75, 3.05) is 0 Å². The summed E-state index contributed by atoms with van der Waals surface area (Å²) in [5.41, 5.74) is -2.92. The monoisotopic (exact) mass is 665 g/mol. The van der Waals surface area contributed by atoms with Gasteiger partial charge in [-0.1, -0.05) is 0 Å². The molecule has 0 aromatic rings. The van der Waals surface area contributed by atoms with Crippen molar-refractivity contribution >= 4 is 17.9 Å². The largest absolute Gasteiger partial charge is 0.462 e. The highest BCUT2D eigenvalue weighted by atomic mass is 16.6. The maximum absolute atomic E-state index is 13.6. The van der Waals surface area contributed by atoms with Crippen LogP contribution in [0.3, 0.4) is 0 Å². The lowest BCUT2D eigenvalue weighted by Gasteiger charge is -2.51. The van der Waals surface area contributed by atoms with E-state index < -0.39 is 52.3 Å². The Bertz CT molecular complexity index is 1080. The molecule has 4 aliphatic rings. The van der Waals surface area contributed by atoms with Gasteiger partial charge in [-0.05, 0) is 122 Å². The minimum atomic E-state index is -0.615. The molecular weight excluding hydrogens is 602 g/mol. The molecular formula is C36H63N3O8. The van der Waals surface area contributed by atoms with Crippen molar-refractivity contribution in [2.24, 2.45) is 17.8 Å². The molecule has 2 unspecified atom stereocenters. The standard InChI is InChI=1S/C36H63N3O8/c1-31(2)16-22(17-32(3,4)37-31)28(40)45-25-13-26(46-29(41)23-18-33(5,6)38(43)34(7,8)19-23)15-27(14-25)47-30(42)24-20-35(9,10)39(44)36(11,12)21-24/h22-27,37,43-44H,13-21H2,1-12H3. The lowest BCUT2D eigenvalue weighted by molar-refractivity contribution is -0.253. The summed E-state index contributed by atoms with van der Waals surface area (Å²) >= 11 is 0. The first-order valence-electron chi connectivity index (χ1n) is 17.6. The highest BCUT2D eigenvalue weighted by molar-refractivity contribution is 5.74. The van der Waals surface area contributed by atoms with Gasteiger partial charge in [-0.25, -0.2) is 0 Å². The van der Waals surface area contributed by atoms with Crippen LogP contribution in [-0.4, -0.2) is 90.0 Å². The molecule has 4 rings (SSSR count). The maximum atomic E-state index is 13.6. The van der Waals surface area contributed by atoms with Crippen LogP contribution in [0.15, 0.2) is 0 Å². The molecule has 0 radical (unpaired) electrons. The van der Waals surface area contributed by atoms with Gasteiger partial charge < -0.3 is 29.9 Å². The van der Waals surface area contributed by atoms with E-state index in [-0.39, 0.29) is 34.9 Å². The normalized spacial score (nSPS) is 32.7. The third-order valence-electron chi connectivity index (χ3n) is 10.9. The quantitative estimate of drug-likeness (QED) is 0.235. The number of carbonyl (C=O) groups excluding carboxylic acids is 3. The summed E-state index contributed by atoms with van der Waals surface area (Å²) in [5, 5.41) is 27.8. The molecule has 11 heteroatoms. The van der Waals surface area contributed by atoms with Crippen LogP contribution in [0.4, 0.5) is 0 Å². The highest BCUT2D eigenvalue weighted by Gasteiger charge is 2.50. The summed E-state index contributed by atoms with van der Waals surface area (Å²) < 4.78 is 18.4. The van der Waals surface area contributed by atoms with Crippen LogP contribution in [0, 0.1) is 17.8 Å². The molecule has 1 saturated carbocycles. The lowest BCUT2D eigenvalue weighted by atomic mass is 9.75.